The number of thioether (sulfide) groups is 1. The molecule has 0 saturated carbocycles. The number of ether oxygens (including phenoxy) is 1. The molecule has 1 unspecified atom stereocenters. The predicted molar refractivity (Wildman–Crippen MR) is 124 cm³/mol. The fourth-order valence-corrected chi connectivity index (χ4v) is 4.84. The van der Waals surface area contributed by atoms with Crippen LogP contribution in [0.1, 0.15) is 26.7 Å². The van der Waals surface area contributed by atoms with Crippen LogP contribution in [0.5, 0.6) is 5.75 Å². The van der Waals surface area contributed by atoms with E-state index < -0.39 is 0 Å². The zero-order chi connectivity index (χ0) is 21.8. The predicted octanol–water partition coefficient (Wildman–Crippen LogP) is 4.14. The molecule has 2 heterocycles. The summed E-state index contributed by atoms with van der Waals surface area (Å²) in [5.41, 5.74) is 1.20. The molecule has 2 aromatic carbocycles. The molecule has 0 N–H and O–H groups in total. The summed E-state index contributed by atoms with van der Waals surface area (Å²) in [7, 11) is 0. The zero-order valence-electron chi connectivity index (χ0n) is 17.9. The Labute approximate surface area is 186 Å². The fourth-order valence-electron chi connectivity index (χ4n) is 3.93. The van der Waals surface area contributed by atoms with Crippen molar-refractivity contribution in [2.75, 3.05) is 25.4 Å². The highest BCUT2D eigenvalue weighted by Gasteiger charge is 2.22. The summed E-state index contributed by atoms with van der Waals surface area (Å²) in [6, 6.07) is 14.7. The van der Waals surface area contributed by atoms with E-state index in [-0.39, 0.29) is 17.2 Å². The lowest BCUT2D eigenvalue weighted by molar-refractivity contribution is -0.130. The van der Waals surface area contributed by atoms with Crippen LogP contribution in [0, 0.1) is 5.92 Å². The van der Waals surface area contributed by atoms with E-state index in [1.807, 2.05) is 54.3 Å². The number of amides is 1. The van der Waals surface area contributed by atoms with Gasteiger partial charge in [0, 0.05) is 13.1 Å². The summed E-state index contributed by atoms with van der Waals surface area (Å²) in [5, 5.41) is 1.07. The molecule has 1 fully saturated rings. The van der Waals surface area contributed by atoms with E-state index in [2.05, 4.69) is 6.92 Å². The number of likely N-dealkylation sites (tertiary alicyclic amines) is 1. The van der Waals surface area contributed by atoms with Gasteiger partial charge in [0.2, 0.25) is 5.91 Å². The number of piperidine rings is 1. The number of fused-ring (bicyclic) bond motifs is 1. The third kappa shape index (κ3) is 4.77. The lowest BCUT2D eigenvalue weighted by Crippen LogP contribution is -2.40. The van der Waals surface area contributed by atoms with Crippen LogP contribution in [-0.2, 0) is 4.79 Å². The van der Waals surface area contributed by atoms with Gasteiger partial charge in [-0.05, 0) is 62.1 Å². The molecule has 3 aromatic rings. The number of aromatic nitrogens is 2. The van der Waals surface area contributed by atoms with Crippen LogP contribution in [0.25, 0.3) is 16.6 Å². The van der Waals surface area contributed by atoms with Crippen LogP contribution in [-0.4, -0.2) is 45.8 Å². The SMILES string of the molecule is CCOc1ccc(-n2c(SCC(=O)N3CCCC(C)C3)nc3ccccc3c2=O)cc1. The molecular weight excluding hydrogens is 410 g/mol. The Morgan fingerprint density at radius 3 is 2.71 bits per heavy atom. The van der Waals surface area contributed by atoms with Crippen molar-refractivity contribution in [1.82, 2.24) is 14.5 Å². The van der Waals surface area contributed by atoms with Crippen molar-refractivity contribution in [3.8, 4) is 11.4 Å². The maximum atomic E-state index is 13.3. The smallest absolute Gasteiger partial charge is 0.266 e. The standard InChI is InChI=1S/C24H27N3O3S/c1-3-30-19-12-10-18(11-13-19)27-23(29)20-8-4-5-9-21(20)25-24(27)31-16-22(28)26-14-6-7-17(2)15-26/h4-5,8-13,17H,3,6-7,14-16H2,1-2H3. The van der Waals surface area contributed by atoms with E-state index in [1.165, 1.54) is 18.2 Å². The average molecular weight is 438 g/mol. The Morgan fingerprint density at radius 1 is 1.19 bits per heavy atom. The van der Waals surface area contributed by atoms with Crippen molar-refractivity contribution in [3.63, 3.8) is 0 Å². The second kappa shape index (κ2) is 9.56. The fraction of sp³-hybridized carbons (Fsp3) is 0.375. The summed E-state index contributed by atoms with van der Waals surface area (Å²) in [6.07, 6.45) is 2.21. The van der Waals surface area contributed by atoms with Crippen LogP contribution < -0.4 is 10.3 Å². The normalized spacial score (nSPS) is 16.5. The third-order valence-corrected chi connectivity index (χ3v) is 6.41. The minimum absolute atomic E-state index is 0.0946. The maximum Gasteiger partial charge on any atom is 0.266 e. The number of carbonyl (C=O) groups is 1. The Morgan fingerprint density at radius 2 is 1.97 bits per heavy atom. The number of para-hydroxylation sites is 1. The molecular formula is C24H27N3O3S. The van der Waals surface area contributed by atoms with Gasteiger partial charge < -0.3 is 9.64 Å². The summed E-state index contributed by atoms with van der Waals surface area (Å²) < 4.78 is 7.12. The lowest BCUT2D eigenvalue weighted by atomic mass is 10.0. The van der Waals surface area contributed by atoms with Crippen LogP contribution >= 0.6 is 11.8 Å². The molecule has 1 aliphatic rings. The molecule has 1 atom stereocenters. The van der Waals surface area contributed by atoms with Crippen LogP contribution in [0.4, 0.5) is 0 Å². The van der Waals surface area contributed by atoms with Gasteiger partial charge in [-0.25, -0.2) is 4.98 Å². The molecule has 1 amide bonds. The van der Waals surface area contributed by atoms with Gasteiger partial charge in [-0.15, -0.1) is 0 Å². The molecule has 4 rings (SSSR count). The first kappa shape index (κ1) is 21.4. The van der Waals surface area contributed by atoms with Crippen molar-refractivity contribution in [2.24, 2.45) is 5.92 Å². The third-order valence-electron chi connectivity index (χ3n) is 5.49. The van der Waals surface area contributed by atoms with Gasteiger partial charge in [-0.2, -0.15) is 0 Å². The van der Waals surface area contributed by atoms with Crippen molar-refractivity contribution < 1.29 is 9.53 Å². The highest BCUT2D eigenvalue weighted by atomic mass is 32.2. The summed E-state index contributed by atoms with van der Waals surface area (Å²) in [4.78, 5) is 32.8. The van der Waals surface area contributed by atoms with Gasteiger partial charge in [-0.1, -0.05) is 30.8 Å². The quantitative estimate of drug-likeness (QED) is 0.428. The summed E-state index contributed by atoms with van der Waals surface area (Å²) >= 11 is 1.32. The minimum atomic E-state index is -0.142. The molecule has 0 bridgehead atoms. The van der Waals surface area contributed by atoms with Gasteiger partial charge in [0.25, 0.3) is 5.56 Å². The topological polar surface area (TPSA) is 64.4 Å². The van der Waals surface area contributed by atoms with Crippen molar-refractivity contribution in [3.05, 3.63) is 58.9 Å². The van der Waals surface area contributed by atoms with Gasteiger partial charge >= 0.3 is 0 Å². The van der Waals surface area contributed by atoms with Gasteiger partial charge in [0.1, 0.15) is 5.75 Å². The molecule has 0 aliphatic carbocycles. The van der Waals surface area contributed by atoms with Crippen molar-refractivity contribution in [1.29, 1.82) is 0 Å². The molecule has 162 valence electrons. The lowest BCUT2D eigenvalue weighted by Gasteiger charge is -2.30. The number of benzene rings is 2. The molecule has 6 nitrogen and oxygen atoms in total. The van der Waals surface area contributed by atoms with E-state index in [4.69, 9.17) is 9.72 Å². The van der Waals surface area contributed by atoms with E-state index in [9.17, 15) is 9.59 Å². The molecule has 0 spiro atoms. The molecule has 7 heteroatoms. The average Bonchev–Trinajstić information content (AvgIpc) is 2.78. The minimum Gasteiger partial charge on any atom is -0.494 e. The molecule has 31 heavy (non-hydrogen) atoms. The number of hydrogen-bond donors (Lipinski definition) is 0. The first-order valence-electron chi connectivity index (χ1n) is 10.7. The van der Waals surface area contributed by atoms with Crippen LogP contribution in [0.2, 0.25) is 0 Å². The van der Waals surface area contributed by atoms with E-state index in [1.54, 1.807) is 10.6 Å². The maximum absolute atomic E-state index is 13.3. The number of nitrogens with zero attached hydrogens (tertiary/aromatic N) is 3. The second-order valence-corrected chi connectivity index (χ2v) is 8.80. The Kier molecular flexibility index (Phi) is 6.61. The van der Waals surface area contributed by atoms with Crippen molar-refractivity contribution >= 4 is 28.6 Å². The summed E-state index contributed by atoms with van der Waals surface area (Å²) in [5.74, 6) is 1.63. The highest BCUT2D eigenvalue weighted by Crippen LogP contribution is 2.24. The first-order valence-corrected chi connectivity index (χ1v) is 11.7. The highest BCUT2D eigenvalue weighted by molar-refractivity contribution is 7.99. The number of carbonyl (C=O) groups excluding carboxylic acids is 1. The van der Waals surface area contributed by atoms with Crippen LogP contribution in [0.3, 0.4) is 0 Å². The summed E-state index contributed by atoms with van der Waals surface area (Å²) in [6.45, 7) is 6.30. The van der Waals surface area contributed by atoms with Gasteiger partial charge in [0.15, 0.2) is 5.16 Å². The Balaban J connectivity index is 1.67. The monoisotopic (exact) mass is 437 g/mol. The zero-order valence-corrected chi connectivity index (χ0v) is 18.7. The Bertz CT molecular complexity index is 1130. The molecule has 1 saturated heterocycles. The van der Waals surface area contributed by atoms with Crippen molar-refractivity contribution in [2.45, 2.75) is 31.8 Å². The van der Waals surface area contributed by atoms with Gasteiger partial charge in [0.05, 0.1) is 29.0 Å². The number of rotatable bonds is 6. The largest absolute Gasteiger partial charge is 0.494 e. The van der Waals surface area contributed by atoms with E-state index in [0.717, 1.165) is 25.3 Å². The second-order valence-electron chi connectivity index (χ2n) is 7.85. The molecule has 1 aromatic heterocycles. The number of hydrogen-bond acceptors (Lipinski definition) is 5. The first-order chi connectivity index (χ1) is 15.1. The Hall–Kier alpha value is -2.80. The van der Waals surface area contributed by atoms with Gasteiger partial charge in [-0.3, -0.25) is 14.2 Å². The van der Waals surface area contributed by atoms with E-state index >= 15 is 0 Å². The molecule has 0 radical (unpaired) electrons. The van der Waals surface area contributed by atoms with E-state index in [0.29, 0.717) is 34.3 Å². The molecule has 1 aliphatic heterocycles. The van der Waals surface area contributed by atoms with Crippen LogP contribution in [0.15, 0.2) is 58.5 Å².